The molecule has 3 nitrogen and oxygen atoms in total. The number of aromatic nitrogens is 1. The quantitative estimate of drug-likeness (QED) is 0.289. The van der Waals surface area contributed by atoms with Crippen LogP contribution < -0.4 is 5.49 Å². The SMILES string of the molecule is C=Nn1c(C(F)(F)F)ccc(-c2cccc(C(F)(F)F)c2)c1=NCBr. The van der Waals surface area contributed by atoms with Crippen molar-refractivity contribution in [1.29, 1.82) is 0 Å². The van der Waals surface area contributed by atoms with Gasteiger partial charge in [-0.1, -0.05) is 28.1 Å². The third-order valence-corrected chi connectivity index (χ3v) is 3.47. The Kier molecular flexibility index (Phi) is 5.40. The van der Waals surface area contributed by atoms with E-state index < -0.39 is 23.6 Å². The van der Waals surface area contributed by atoms with Crippen LogP contribution in [0.5, 0.6) is 0 Å². The Labute approximate surface area is 146 Å². The molecule has 0 unspecified atom stereocenters. The highest BCUT2D eigenvalue weighted by molar-refractivity contribution is 9.09. The Bertz CT molecular complexity index is 852. The average Bonchev–Trinajstić information content (AvgIpc) is 2.53. The maximum Gasteiger partial charge on any atom is 0.433 e. The molecule has 0 fully saturated rings. The topological polar surface area (TPSA) is 29.6 Å². The molecule has 0 amide bonds. The van der Waals surface area contributed by atoms with E-state index in [9.17, 15) is 26.3 Å². The predicted molar refractivity (Wildman–Crippen MR) is 84.2 cm³/mol. The molecule has 134 valence electrons. The molecule has 0 spiro atoms. The van der Waals surface area contributed by atoms with Crippen LogP contribution in [0.25, 0.3) is 11.1 Å². The van der Waals surface area contributed by atoms with Crippen LogP contribution in [0.1, 0.15) is 11.3 Å². The molecule has 0 aliphatic carbocycles. The van der Waals surface area contributed by atoms with Crippen LogP contribution in [-0.4, -0.2) is 16.8 Å². The van der Waals surface area contributed by atoms with Gasteiger partial charge in [-0.2, -0.15) is 31.4 Å². The van der Waals surface area contributed by atoms with Crippen LogP contribution in [0.2, 0.25) is 0 Å². The lowest BCUT2D eigenvalue weighted by molar-refractivity contribution is -0.143. The molecule has 1 heterocycles. The fourth-order valence-corrected chi connectivity index (χ4v) is 2.43. The van der Waals surface area contributed by atoms with Crippen molar-refractivity contribution in [2.75, 3.05) is 5.45 Å². The summed E-state index contributed by atoms with van der Waals surface area (Å²) in [5.41, 5.74) is -2.28. The Hall–Kier alpha value is -2.10. The Morgan fingerprint density at radius 1 is 1.00 bits per heavy atom. The first kappa shape index (κ1) is 19.2. The van der Waals surface area contributed by atoms with Crippen LogP contribution in [0.4, 0.5) is 26.3 Å². The van der Waals surface area contributed by atoms with Crippen LogP contribution in [0, 0.1) is 0 Å². The molecule has 1 aromatic heterocycles. The minimum absolute atomic E-state index is 0.0562. The minimum Gasteiger partial charge on any atom is -0.255 e. The molecule has 0 saturated carbocycles. The third-order valence-electron chi connectivity index (χ3n) is 3.22. The molecule has 10 heteroatoms. The van der Waals surface area contributed by atoms with Crippen molar-refractivity contribution < 1.29 is 26.3 Å². The lowest BCUT2D eigenvalue weighted by Gasteiger charge is -2.15. The van der Waals surface area contributed by atoms with Crippen molar-refractivity contribution >= 4 is 22.6 Å². The van der Waals surface area contributed by atoms with E-state index in [-0.39, 0.29) is 22.1 Å². The van der Waals surface area contributed by atoms with Crippen LogP contribution >= 0.6 is 15.9 Å². The maximum atomic E-state index is 13.1. The smallest absolute Gasteiger partial charge is 0.255 e. The Morgan fingerprint density at radius 2 is 1.68 bits per heavy atom. The average molecular weight is 426 g/mol. The summed E-state index contributed by atoms with van der Waals surface area (Å²) in [7, 11) is 0. The molecule has 2 rings (SSSR count). The number of rotatable bonds is 3. The zero-order valence-corrected chi connectivity index (χ0v) is 14.0. The normalized spacial score (nSPS) is 13.2. The van der Waals surface area contributed by atoms with Gasteiger partial charge in [0.05, 0.1) is 11.0 Å². The summed E-state index contributed by atoms with van der Waals surface area (Å²) < 4.78 is 78.4. The first-order valence-corrected chi connectivity index (χ1v) is 7.76. The largest absolute Gasteiger partial charge is 0.433 e. The molecule has 25 heavy (non-hydrogen) atoms. The Balaban J connectivity index is 2.80. The van der Waals surface area contributed by atoms with Gasteiger partial charge in [0.1, 0.15) is 5.69 Å². The molecular formula is C15H10BrF6N3. The fraction of sp³-hybridized carbons (Fsp3) is 0.200. The summed E-state index contributed by atoms with van der Waals surface area (Å²) in [6.07, 6.45) is -9.31. The number of halogens is 7. The highest BCUT2D eigenvalue weighted by atomic mass is 79.9. The van der Waals surface area contributed by atoms with Crippen LogP contribution in [0.15, 0.2) is 46.5 Å². The fourth-order valence-electron chi connectivity index (χ4n) is 2.19. The zero-order valence-electron chi connectivity index (χ0n) is 12.4. The highest BCUT2D eigenvalue weighted by Gasteiger charge is 2.35. The molecule has 0 atom stereocenters. The second-order valence-electron chi connectivity index (χ2n) is 4.76. The molecule has 0 aliphatic heterocycles. The molecule has 1 aromatic carbocycles. The van der Waals surface area contributed by atoms with E-state index in [2.05, 4.69) is 32.7 Å². The van der Waals surface area contributed by atoms with E-state index in [1.54, 1.807) is 0 Å². The van der Waals surface area contributed by atoms with Crippen molar-refractivity contribution in [3.05, 3.63) is 53.1 Å². The molecular weight excluding hydrogens is 416 g/mol. The Morgan fingerprint density at radius 3 is 2.20 bits per heavy atom. The lowest BCUT2D eigenvalue weighted by Crippen LogP contribution is -2.27. The van der Waals surface area contributed by atoms with Crippen molar-refractivity contribution in [3.8, 4) is 11.1 Å². The summed E-state index contributed by atoms with van der Waals surface area (Å²) in [4.78, 5) is 3.88. The van der Waals surface area contributed by atoms with Crippen LogP contribution in [0.3, 0.4) is 0 Å². The summed E-state index contributed by atoms with van der Waals surface area (Å²) >= 11 is 2.97. The lowest BCUT2D eigenvalue weighted by atomic mass is 10.0. The number of hydrogen-bond donors (Lipinski definition) is 0. The van der Waals surface area contributed by atoms with Crippen molar-refractivity contribution in [2.45, 2.75) is 12.4 Å². The van der Waals surface area contributed by atoms with Crippen LogP contribution in [-0.2, 0) is 12.4 Å². The first-order valence-electron chi connectivity index (χ1n) is 6.64. The number of pyridine rings is 1. The van der Waals surface area contributed by atoms with Gasteiger partial charge < -0.3 is 0 Å². The third kappa shape index (κ3) is 4.12. The van der Waals surface area contributed by atoms with Gasteiger partial charge in [-0.25, -0.2) is 4.68 Å². The zero-order chi connectivity index (χ0) is 18.8. The number of hydrogen-bond acceptors (Lipinski definition) is 2. The molecule has 0 bridgehead atoms. The van der Waals surface area contributed by atoms with E-state index in [1.807, 2.05) is 0 Å². The minimum atomic E-state index is -4.73. The summed E-state index contributed by atoms with van der Waals surface area (Å²) in [5.74, 6) is 0. The van der Waals surface area contributed by atoms with E-state index in [1.165, 1.54) is 12.1 Å². The molecule has 0 N–H and O–H groups in total. The second-order valence-corrected chi connectivity index (χ2v) is 5.26. The standard InChI is InChI=1S/C15H10BrF6N3/c1-23-25-12(15(20,21)22)6-5-11(13(25)24-8-16)9-3-2-4-10(7-9)14(17,18)19/h2-7H,1,8H2. The molecule has 2 aromatic rings. The van der Waals surface area contributed by atoms with Gasteiger partial charge in [0, 0.05) is 12.3 Å². The maximum absolute atomic E-state index is 13.1. The van der Waals surface area contributed by atoms with E-state index in [0.29, 0.717) is 4.68 Å². The second kappa shape index (κ2) is 7.03. The van der Waals surface area contributed by atoms with E-state index >= 15 is 0 Å². The van der Waals surface area contributed by atoms with Crippen molar-refractivity contribution in [2.24, 2.45) is 10.1 Å². The molecule has 0 aliphatic rings. The van der Waals surface area contributed by atoms with Gasteiger partial charge in [0.2, 0.25) is 0 Å². The summed E-state index contributed by atoms with van der Waals surface area (Å²) in [6, 6.07) is 5.99. The van der Waals surface area contributed by atoms with Gasteiger partial charge in [-0.3, -0.25) is 4.99 Å². The van der Waals surface area contributed by atoms with Crippen molar-refractivity contribution in [3.63, 3.8) is 0 Å². The van der Waals surface area contributed by atoms with Gasteiger partial charge in [-0.15, -0.1) is 0 Å². The van der Waals surface area contributed by atoms with Crippen molar-refractivity contribution in [1.82, 2.24) is 4.68 Å². The summed E-state index contributed by atoms with van der Waals surface area (Å²) in [5, 5.41) is 3.32. The van der Waals surface area contributed by atoms with Gasteiger partial charge in [-0.05, 0) is 29.8 Å². The predicted octanol–water partition coefficient (Wildman–Crippen LogP) is 4.91. The van der Waals surface area contributed by atoms with Gasteiger partial charge >= 0.3 is 12.4 Å². The molecule has 0 saturated heterocycles. The monoisotopic (exact) mass is 425 g/mol. The van der Waals surface area contributed by atoms with E-state index in [0.717, 1.165) is 24.3 Å². The van der Waals surface area contributed by atoms with E-state index in [4.69, 9.17) is 0 Å². The highest BCUT2D eigenvalue weighted by Crippen LogP contribution is 2.33. The first-order chi connectivity index (χ1) is 11.6. The number of benzene rings is 1. The molecule has 0 radical (unpaired) electrons. The van der Waals surface area contributed by atoms with Gasteiger partial charge in [0.25, 0.3) is 0 Å². The summed E-state index contributed by atoms with van der Waals surface area (Å²) in [6.45, 7) is 3.10. The van der Waals surface area contributed by atoms with Gasteiger partial charge in [0.15, 0.2) is 5.49 Å². The number of nitrogens with zero attached hydrogens (tertiary/aromatic N) is 3. The number of alkyl halides is 7.